The summed E-state index contributed by atoms with van der Waals surface area (Å²) in [5.74, 6) is 0. The molecule has 0 atom stereocenters. The SMILES string of the molecule is CC1(C)c2ccccc2-c2ccc(N(c3ccc(-c4ccccc4)cc3)c3cc4ccccc4c4c3-c3cc(-c5ccccc5)ccc3C4(c3ccccc3)c3ccccc3)cc21. The minimum Gasteiger partial charge on any atom is -0.310 e. The van der Waals surface area contributed by atoms with E-state index < -0.39 is 5.41 Å². The first kappa shape index (κ1) is 37.1. The van der Waals surface area contributed by atoms with E-state index in [0.29, 0.717) is 0 Å². The third-order valence-electron chi connectivity index (χ3n) is 13.9. The van der Waals surface area contributed by atoms with E-state index in [0.717, 1.165) is 17.1 Å². The van der Waals surface area contributed by atoms with Crippen molar-refractivity contribution in [3.05, 3.63) is 270 Å². The molecule has 2 aliphatic carbocycles. The van der Waals surface area contributed by atoms with Gasteiger partial charge < -0.3 is 4.90 Å². The van der Waals surface area contributed by atoms with E-state index in [2.05, 4.69) is 255 Å². The summed E-state index contributed by atoms with van der Waals surface area (Å²) in [6, 6.07) is 88.0. The molecule has 10 aromatic rings. The van der Waals surface area contributed by atoms with Gasteiger partial charge in [-0.3, -0.25) is 0 Å². The van der Waals surface area contributed by atoms with E-state index >= 15 is 0 Å². The molecule has 2 aliphatic rings. The summed E-state index contributed by atoms with van der Waals surface area (Å²) in [7, 11) is 0. The number of nitrogens with zero attached hydrogens (tertiary/aromatic N) is 1. The van der Waals surface area contributed by atoms with E-state index in [4.69, 9.17) is 0 Å². The maximum Gasteiger partial charge on any atom is 0.0720 e. The smallest absolute Gasteiger partial charge is 0.0720 e. The molecular weight excluding hydrogens is 759 g/mol. The Morgan fingerprint density at radius 3 is 1.56 bits per heavy atom. The van der Waals surface area contributed by atoms with Crippen LogP contribution < -0.4 is 4.90 Å². The van der Waals surface area contributed by atoms with Crippen LogP contribution >= 0.6 is 0 Å². The Morgan fingerprint density at radius 1 is 0.349 bits per heavy atom. The van der Waals surface area contributed by atoms with Crippen molar-refractivity contribution < 1.29 is 0 Å². The van der Waals surface area contributed by atoms with Crippen LogP contribution in [0.2, 0.25) is 0 Å². The normalized spacial score (nSPS) is 13.8. The average molecular weight is 804 g/mol. The maximum absolute atomic E-state index is 2.55. The maximum atomic E-state index is 2.55. The van der Waals surface area contributed by atoms with Gasteiger partial charge in [0.05, 0.1) is 11.1 Å². The lowest BCUT2D eigenvalue weighted by Gasteiger charge is -2.35. The van der Waals surface area contributed by atoms with Gasteiger partial charge in [0.15, 0.2) is 0 Å². The van der Waals surface area contributed by atoms with Crippen LogP contribution in [-0.2, 0) is 10.8 Å². The topological polar surface area (TPSA) is 3.24 Å². The lowest BCUT2D eigenvalue weighted by Crippen LogP contribution is -2.29. The number of hydrogen-bond donors (Lipinski definition) is 0. The molecule has 298 valence electrons. The molecule has 0 bridgehead atoms. The predicted octanol–water partition coefficient (Wildman–Crippen LogP) is 16.3. The zero-order valence-electron chi connectivity index (χ0n) is 35.5. The van der Waals surface area contributed by atoms with Crippen molar-refractivity contribution in [3.63, 3.8) is 0 Å². The minimum atomic E-state index is -0.609. The summed E-state index contributed by atoms with van der Waals surface area (Å²) in [6.45, 7) is 4.76. The zero-order valence-corrected chi connectivity index (χ0v) is 35.5. The fraction of sp³-hybridized carbons (Fsp3) is 0.0645. The molecule has 0 amide bonds. The van der Waals surface area contributed by atoms with Crippen LogP contribution in [0.1, 0.15) is 47.2 Å². The minimum absolute atomic E-state index is 0.164. The highest BCUT2D eigenvalue weighted by Crippen LogP contribution is 2.62. The molecule has 0 aliphatic heterocycles. The first-order valence-corrected chi connectivity index (χ1v) is 22.1. The van der Waals surface area contributed by atoms with E-state index in [1.807, 2.05) is 0 Å². The molecule has 1 heteroatoms. The molecule has 10 aromatic carbocycles. The van der Waals surface area contributed by atoms with Crippen molar-refractivity contribution in [2.75, 3.05) is 4.90 Å². The predicted molar refractivity (Wildman–Crippen MR) is 264 cm³/mol. The molecule has 0 fully saturated rings. The Bertz CT molecular complexity index is 3290. The second kappa shape index (κ2) is 14.4. The molecule has 0 heterocycles. The van der Waals surface area contributed by atoms with Gasteiger partial charge in [-0.15, -0.1) is 0 Å². The summed E-state index contributed by atoms with van der Waals surface area (Å²) in [6.07, 6.45) is 0. The molecule has 63 heavy (non-hydrogen) atoms. The Hall–Kier alpha value is -7.74. The highest BCUT2D eigenvalue weighted by molar-refractivity contribution is 6.08. The molecular formula is C62H45N. The standard InChI is InChI=1S/C62H45N/c1-61(2)55-30-18-17-29-52(55)53-37-36-50(41-57(53)61)63(49-34-31-44(32-35-49)42-19-7-3-8-20-42)58-40-46-23-15-16-28-51(46)60-59(58)54-39-45(43-21-9-4-10-22-43)33-38-56(54)62(60,47-24-11-5-12-25-47)48-26-13-6-14-27-48/h3-41H,1-2H3. The first-order chi connectivity index (χ1) is 31.0. The summed E-state index contributed by atoms with van der Waals surface area (Å²) in [5, 5.41) is 2.46. The van der Waals surface area contributed by atoms with E-state index in [1.165, 1.54) is 88.7 Å². The van der Waals surface area contributed by atoms with Crippen LogP contribution in [0.4, 0.5) is 17.1 Å². The lowest BCUT2D eigenvalue weighted by atomic mass is 9.66. The van der Waals surface area contributed by atoms with E-state index in [1.54, 1.807) is 0 Å². The van der Waals surface area contributed by atoms with Gasteiger partial charge in [0.1, 0.15) is 0 Å². The molecule has 0 N–H and O–H groups in total. The quantitative estimate of drug-likeness (QED) is 0.155. The van der Waals surface area contributed by atoms with Crippen LogP contribution in [0.15, 0.2) is 237 Å². The van der Waals surface area contributed by atoms with Crippen molar-refractivity contribution in [1.29, 1.82) is 0 Å². The van der Waals surface area contributed by atoms with Crippen molar-refractivity contribution in [1.82, 2.24) is 0 Å². The van der Waals surface area contributed by atoms with Crippen molar-refractivity contribution >= 4 is 27.8 Å². The second-order valence-electron chi connectivity index (χ2n) is 17.6. The largest absolute Gasteiger partial charge is 0.310 e. The molecule has 0 aromatic heterocycles. The van der Waals surface area contributed by atoms with Gasteiger partial charge >= 0.3 is 0 Å². The average Bonchev–Trinajstić information content (AvgIpc) is 3.79. The van der Waals surface area contributed by atoms with Gasteiger partial charge in [-0.05, 0) is 119 Å². The second-order valence-corrected chi connectivity index (χ2v) is 17.6. The molecule has 0 spiro atoms. The monoisotopic (exact) mass is 803 g/mol. The van der Waals surface area contributed by atoms with Crippen LogP contribution in [-0.4, -0.2) is 0 Å². The fourth-order valence-corrected chi connectivity index (χ4v) is 11.0. The number of benzene rings is 10. The van der Waals surface area contributed by atoms with Crippen LogP contribution in [0, 0.1) is 0 Å². The lowest BCUT2D eigenvalue weighted by molar-refractivity contribution is 0.660. The summed E-state index contributed by atoms with van der Waals surface area (Å²) in [4.78, 5) is 2.55. The molecule has 0 saturated heterocycles. The molecule has 1 nitrogen and oxygen atoms in total. The number of hydrogen-bond acceptors (Lipinski definition) is 1. The van der Waals surface area contributed by atoms with Gasteiger partial charge in [-0.1, -0.05) is 214 Å². The Morgan fingerprint density at radius 2 is 0.873 bits per heavy atom. The number of fused-ring (bicyclic) bond motifs is 8. The molecule has 0 unspecified atom stereocenters. The van der Waals surface area contributed by atoms with Crippen LogP contribution in [0.5, 0.6) is 0 Å². The molecule has 0 saturated carbocycles. The number of anilines is 3. The fourth-order valence-electron chi connectivity index (χ4n) is 11.0. The molecule has 12 rings (SSSR count). The summed E-state index contributed by atoms with van der Waals surface area (Å²) >= 11 is 0. The summed E-state index contributed by atoms with van der Waals surface area (Å²) < 4.78 is 0. The van der Waals surface area contributed by atoms with Crippen molar-refractivity contribution in [2.24, 2.45) is 0 Å². The van der Waals surface area contributed by atoms with E-state index in [9.17, 15) is 0 Å². The van der Waals surface area contributed by atoms with E-state index in [-0.39, 0.29) is 5.41 Å². The van der Waals surface area contributed by atoms with Gasteiger partial charge in [0, 0.05) is 22.4 Å². The Labute approximate surface area is 370 Å². The third kappa shape index (κ3) is 5.63. The van der Waals surface area contributed by atoms with Gasteiger partial charge in [-0.25, -0.2) is 0 Å². The zero-order chi connectivity index (χ0) is 42.1. The van der Waals surface area contributed by atoms with Crippen molar-refractivity contribution in [3.8, 4) is 44.5 Å². The van der Waals surface area contributed by atoms with Gasteiger partial charge in [0.2, 0.25) is 0 Å². The van der Waals surface area contributed by atoms with Crippen LogP contribution in [0.3, 0.4) is 0 Å². The Balaban J connectivity index is 1.21. The highest BCUT2D eigenvalue weighted by Gasteiger charge is 2.49. The first-order valence-electron chi connectivity index (χ1n) is 22.1. The molecule has 0 radical (unpaired) electrons. The van der Waals surface area contributed by atoms with Gasteiger partial charge in [0.25, 0.3) is 0 Å². The summed E-state index contributed by atoms with van der Waals surface area (Å²) in [5.41, 5.74) is 20.4. The van der Waals surface area contributed by atoms with Gasteiger partial charge in [-0.2, -0.15) is 0 Å². The number of rotatable bonds is 7. The highest BCUT2D eigenvalue weighted by atomic mass is 15.1. The van der Waals surface area contributed by atoms with Crippen molar-refractivity contribution in [2.45, 2.75) is 24.7 Å². The third-order valence-corrected chi connectivity index (χ3v) is 13.9. The van der Waals surface area contributed by atoms with Crippen LogP contribution in [0.25, 0.3) is 55.3 Å². The Kier molecular flexibility index (Phi) is 8.49.